The maximum absolute atomic E-state index is 12.5. The average molecular weight is 312 g/mol. The highest BCUT2D eigenvalue weighted by Crippen LogP contribution is 2.27. The average Bonchev–Trinajstić information content (AvgIpc) is 2.46. The highest BCUT2D eigenvalue weighted by molar-refractivity contribution is 6.31. The van der Waals surface area contributed by atoms with E-state index in [2.05, 4.69) is 0 Å². The number of benzene rings is 1. The number of nitro benzene ring substituents is 1. The summed E-state index contributed by atoms with van der Waals surface area (Å²) in [6.07, 6.45) is 1.98. The molecule has 1 atom stereocenters. The molecule has 1 heterocycles. The van der Waals surface area contributed by atoms with Crippen LogP contribution in [0.25, 0.3) is 0 Å². The lowest BCUT2D eigenvalue weighted by atomic mass is 10.00. The van der Waals surface area contributed by atoms with E-state index in [1.807, 2.05) is 0 Å². The van der Waals surface area contributed by atoms with Gasteiger partial charge in [0.1, 0.15) is 11.6 Å². The van der Waals surface area contributed by atoms with Gasteiger partial charge in [0.2, 0.25) is 5.91 Å². The number of carbonyl (C=O) groups is 2. The highest BCUT2D eigenvalue weighted by Gasteiger charge is 2.34. The molecule has 1 aliphatic heterocycles. The van der Waals surface area contributed by atoms with Gasteiger partial charge in [-0.25, -0.2) is 0 Å². The van der Waals surface area contributed by atoms with E-state index in [9.17, 15) is 19.7 Å². The van der Waals surface area contributed by atoms with Crippen LogP contribution in [0.5, 0.6) is 0 Å². The van der Waals surface area contributed by atoms with Gasteiger partial charge in [0.05, 0.1) is 4.92 Å². The fourth-order valence-corrected chi connectivity index (χ4v) is 2.64. The molecule has 2 amide bonds. The fraction of sp³-hybridized carbons (Fsp3) is 0.385. The van der Waals surface area contributed by atoms with Gasteiger partial charge in [0, 0.05) is 17.6 Å². The molecule has 1 aromatic rings. The van der Waals surface area contributed by atoms with Gasteiger partial charge in [-0.1, -0.05) is 11.6 Å². The molecule has 0 saturated carbocycles. The molecule has 0 spiro atoms. The summed E-state index contributed by atoms with van der Waals surface area (Å²) in [7, 11) is 0. The Morgan fingerprint density at radius 2 is 2.10 bits per heavy atom. The van der Waals surface area contributed by atoms with E-state index < -0.39 is 22.8 Å². The first-order valence-electron chi connectivity index (χ1n) is 6.46. The van der Waals surface area contributed by atoms with Crippen LogP contribution in [-0.4, -0.2) is 34.2 Å². The summed E-state index contributed by atoms with van der Waals surface area (Å²) >= 11 is 5.82. The molecular formula is C13H14ClN3O4. The van der Waals surface area contributed by atoms with Crippen molar-refractivity contribution in [3.8, 4) is 0 Å². The smallest absolute Gasteiger partial charge is 0.282 e. The zero-order valence-corrected chi connectivity index (χ0v) is 11.9. The summed E-state index contributed by atoms with van der Waals surface area (Å²) in [6, 6.07) is 3.04. The monoisotopic (exact) mass is 311 g/mol. The van der Waals surface area contributed by atoms with Crippen LogP contribution in [0.3, 0.4) is 0 Å². The van der Waals surface area contributed by atoms with Gasteiger partial charge < -0.3 is 10.6 Å². The topological polar surface area (TPSA) is 107 Å². The second-order valence-corrected chi connectivity index (χ2v) is 5.27. The van der Waals surface area contributed by atoms with Gasteiger partial charge in [-0.2, -0.15) is 0 Å². The third-order valence-electron chi connectivity index (χ3n) is 3.48. The molecule has 2 rings (SSSR count). The van der Waals surface area contributed by atoms with Gasteiger partial charge in [-0.3, -0.25) is 19.7 Å². The van der Waals surface area contributed by atoms with Crippen molar-refractivity contribution in [2.24, 2.45) is 5.73 Å². The Morgan fingerprint density at radius 3 is 2.71 bits per heavy atom. The van der Waals surface area contributed by atoms with Gasteiger partial charge >= 0.3 is 0 Å². The van der Waals surface area contributed by atoms with E-state index in [-0.39, 0.29) is 16.3 Å². The van der Waals surface area contributed by atoms with Crippen LogP contribution in [0.2, 0.25) is 5.02 Å². The standard InChI is InChI=1S/C13H14ClN3O4/c14-8-4-5-10(17(20)21)9(7-8)13(19)16-6-2-1-3-11(16)12(15)18/h4-5,7,11H,1-3,6H2,(H2,15,18). The second kappa shape index (κ2) is 6.09. The van der Waals surface area contributed by atoms with Crippen LogP contribution >= 0.6 is 11.6 Å². The largest absolute Gasteiger partial charge is 0.368 e. The number of hydrogen-bond donors (Lipinski definition) is 1. The number of nitrogens with two attached hydrogens (primary N) is 1. The fourth-order valence-electron chi connectivity index (χ4n) is 2.46. The van der Waals surface area contributed by atoms with Crippen LogP contribution in [0.1, 0.15) is 29.6 Å². The Labute approximate surface area is 125 Å². The number of likely N-dealkylation sites (tertiary alicyclic amines) is 1. The van der Waals surface area contributed by atoms with Crippen LogP contribution in [-0.2, 0) is 4.79 Å². The van der Waals surface area contributed by atoms with E-state index in [1.54, 1.807) is 0 Å². The van der Waals surface area contributed by atoms with E-state index in [0.717, 1.165) is 12.8 Å². The van der Waals surface area contributed by atoms with Crippen molar-refractivity contribution >= 4 is 29.1 Å². The Kier molecular flexibility index (Phi) is 4.42. The van der Waals surface area contributed by atoms with Crippen LogP contribution < -0.4 is 5.73 Å². The molecule has 0 aliphatic carbocycles. The number of piperidine rings is 1. The SMILES string of the molecule is NC(=O)C1CCCCN1C(=O)c1cc(Cl)ccc1[N+](=O)[O-]. The third-order valence-corrected chi connectivity index (χ3v) is 3.71. The zero-order chi connectivity index (χ0) is 15.6. The van der Waals surface area contributed by atoms with Crippen molar-refractivity contribution < 1.29 is 14.5 Å². The van der Waals surface area contributed by atoms with Gasteiger partial charge in [0.15, 0.2) is 0 Å². The highest BCUT2D eigenvalue weighted by atomic mass is 35.5. The molecule has 7 nitrogen and oxygen atoms in total. The molecule has 8 heteroatoms. The second-order valence-electron chi connectivity index (χ2n) is 4.83. The first-order valence-corrected chi connectivity index (χ1v) is 6.84. The zero-order valence-electron chi connectivity index (χ0n) is 11.1. The molecule has 0 aromatic heterocycles. The Balaban J connectivity index is 2.40. The lowest BCUT2D eigenvalue weighted by molar-refractivity contribution is -0.385. The summed E-state index contributed by atoms with van der Waals surface area (Å²) in [5.74, 6) is -1.19. The summed E-state index contributed by atoms with van der Waals surface area (Å²) < 4.78 is 0. The molecular weight excluding hydrogens is 298 g/mol. The minimum atomic E-state index is -0.732. The van der Waals surface area contributed by atoms with Crippen molar-refractivity contribution in [2.45, 2.75) is 25.3 Å². The van der Waals surface area contributed by atoms with Crippen LogP contribution in [0, 0.1) is 10.1 Å². The number of halogens is 1. The number of rotatable bonds is 3. The first-order chi connectivity index (χ1) is 9.91. The maximum atomic E-state index is 12.5. The van der Waals surface area contributed by atoms with Crippen molar-refractivity contribution in [3.05, 3.63) is 38.9 Å². The summed E-state index contributed by atoms with van der Waals surface area (Å²) in [5.41, 5.74) is 4.85. The molecule has 1 aliphatic rings. The number of primary amides is 1. The van der Waals surface area contributed by atoms with Crippen molar-refractivity contribution in [2.75, 3.05) is 6.54 Å². The Hall–Kier alpha value is -2.15. The molecule has 1 unspecified atom stereocenters. The van der Waals surface area contributed by atoms with E-state index in [4.69, 9.17) is 17.3 Å². The molecule has 1 saturated heterocycles. The number of nitrogens with zero attached hydrogens (tertiary/aromatic N) is 2. The number of amides is 2. The van der Waals surface area contributed by atoms with E-state index >= 15 is 0 Å². The third kappa shape index (κ3) is 3.13. The predicted octanol–water partition coefficient (Wildman–Crippen LogP) is 1.73. The van der Waals surface area contributed by atoms with Crippen molar-refractivity contribution in [1.82, 2.24) is 4.90 Å². The van der Waals surface area contributed by atoms with Crippen molar-refractivity contribution in [1.29, 1.82) is 0 Å². The van der Waals surface area contributed by atoms with Crippen molar-refractivity contribution in [3.63, 3.8) is 0 Å². The van der Waals surface area contributed by atoms with E-state index in [0.29, 0.717) is 13.0 Å². The number of nitro groups is 1. The summed E-state index contributed by atoms with van der Waals surface area (Å²) in [5, 5.41) is 11.3. The van der Waals surface area contributed by atoms with Gasteiger partial charge in [-0.05, 0) is 31.4 Å². The van der Waals surface area contributed by atoms with Gasteiger partial charge in [-0.15, -0.1) is 0 Å². The summed E-state index contributed by atoms with van der Waals surface area (Å²) in [6.45, 7) is 0.343. The molecule has 0 bridgehead atoms. The minimum Gasteiger partial charge on any atom is -0.368 e. The van der Waals surface area contributed by atoms with Gasteiger partial charge in [0.25, 0.3) is 11.6 Å². The minimum absolute atomic E-state index is 0.124. The molecule has 1 fully saturated rings. The van der Waals surface area contributed by atoms with E-state index in [1.165, 1.54) is 23.1 Å². The molecule has 0 radical (unpaired) electrons. The lowest BCUT2D eigenvalue weighted by Gasteiger charge is -2.33. The Morgan fingerprint density at radius 1 is 1.38 bits per heavy atom. The number of carbonyl (C=O) groups excluding carboxylic acids is 2. The normalized spacial score (nSPS) is 18.3. The molecule has 112 valence electrons. The Bertz CT molecular complexity index is 605. The van der Waals surface area contributed by atoms with Crippen LogP contribution in [0.15, 0.2) is 18.2 Å². The molecule has 2 N–H and O–H groups in total. The lowest BCUT2D eigenvalue weighted by Crippen LogP contribution is -2.50. The first kappa shape index (κ1) is 15.2. The maximum Gasteiger partial charge on any atom is 0.282 e. The number of hydrogen-bond acceptors (Lipinski definition) is 4. The molecule has 21 heavy (non-hydrogen) atoms. The van der Waals surface area contributed by atoms with Crippen LogP contribution in [0.4, 0.5) is 5.69 Å². The summed E-state index contributed by atoms with van der Waals surface area (Å²) in [4.78, 5) is 35.7. The molecule has 1 aromatic carbocycles. The quantitative estimate of drug-likeness (QED) is 0.677. The predicted molar refractivity (Wildman–Crippen MR) is 76.0 cm³/mol.